The van der Waals surface area contributed by atoms with E-state index in [4.69, 9.17) is 9.47 Å². The van der Waals surface area contributed by atoms with Gasteiger partial charge in [-0.3, -0.25) is 4.79 Å². The highest BCUT2D eigenvalue weighted by Crippen LogP contribution is 2.47. The Morgan fingerprint density at radius 2 is 1.88 bits per heavy atom. The molecule has 2 aromatic carbocycles. The van der Waals surface area contributed by atoms with E-state index in [2.05, 4.69) is 10.3 Å². The monoisotopic (exact) mass is 460 g/mol. The third-order valence-corrected chi connectivity index (χ3v) is 6.11. The first-order valence-electron chi connectivity index (χ1n) is 11.0. The van der Waals surface area contributed by atoms with E-state index in [9.17, 15) is 18.0 Å². The Hall–Kier alpha value is -3.00. The second kappa shape index (κ2) is 9.47. The van der Waals surface area contributed by atoms with E-state index in [-0.39, 0.29) is 11.3 Å². The van der Waals surface area contributed by atoms with Crippen LogP contribution in [-0.2, 0) is 15.7 Å². The van der Waals surface area contributed by atoms with Gasteiger partial charge in [0.15, 0.2) is 0 Å². The van der Waals surface area contributed by atoms with Crippen LogP contribution in [0.5, 0.6) is 5.75 Å². The lowest BCUT2D eigenvalue weighted by molar-refractivity contribution is -0.137. The van der Waals surface area contributed by atoms with Gasteiger partial charge in [0, 0.05) is 24.2 Å². The molecule has 0 aliphatic heterocycles. The van der Waals surface area contributed by atoms with Crippen LogP contribution in [-0.4, -0.2) is 30.7 Å². The van der Waals surface area contributed by atoms with Crippen molar-refractivity contribution >= 4 is 22.5 Å². The lowest BCUT2D eigenvalue weighted by atomic mass is 9.96. The van der Waals surface area contributed by atoms with Crippen LogP contribution >= 0.6 is 0 Å². The molecule has 33 heavy (non-hydrogen) atoms. The summed E-state index contributed by atoms with van der Waals surface area (Å²) in [6, 6.07) is 12.4. The maximum Gasteiger partial charge on any atom is 0.416 e. The fourth-order valence-corrected chi connectivity index (χ4v) is 3.70. The average Bonchev–Trinajstić information content (AvgIpc) is 3.46. The summed E-state index contributed by atoms with van der Waals surface area (Å²) in [7, 11) is 1.64. The molecule has 2 saturated carbocycles. The van der Waals surface area contributed by atoms with E-state index in [1.54, 1.807) is 13.2 Å². The topological polar surface area (TPSA) is 63.3 Å². The summed E-state index contributed by atoms with van der Waals surface area (Å²) in [5, 5.41) is 4.04. The minimum atomic E-state index is -4.21. The lowest BCUT2D eigenvalue weighted by Crippen LogP contribution is -2.27. The number of methoxy groups -OCH3 is 1. The van der Waals surface area contributed by atoms with Crippen LogP contribution in [0.2, 0.25) is 0 Å². The van der Waals surface area contributed by atoms with Crippen molar-refractivity contribution in [3.8, 4) is 5.75 Å². The van der Waals surface area contributed by atoms with Crippen LogP contribution in [0.1, 0.15) is 37.7 Å². The predicted octanol–water partition coefficient (Wildman–Crippen LogP) is 6.17. The predicted molar refractivity (Wildman–Crippen MR) is 120 cm³/mol. The molecule has 0 bridgehead atoms. The van der Waals surface area contributed by atoms with Gasteiger partial charge in [0.2, 0.25) is 5.91 Å². The summed E-state index contributed by atoms with van der Waals surface area (Å²) < 4.78 is 46.5. The highest BCUT2D eigenvalue weighted by Gasteiger charge is 2.50. The number of ether oxygens (including phenoxy) is 2. The fourth-order valence-electron chi connectivity index (χ4n) is 3.70. The van der Waals surface area contributed by atoms with Crippen molar-refractivity contribution in [2.75, 3.05) is 19.0 Å². The number of benzene rings is 2. The molecule has 0 radical (unpaired) electrons. The highest BCUT2D eigenvalue weighted by molar-refractivity contribution is 6.04. The molecule has 5 rings (SSSR count). The molecule has 0 atom stereocenters. The number of hydrogen-bond donors (Lipinski definition) is 2. The number of fused-ring (bicyclic) bond motifs is 1. The van der Waals surface area contributed by atoms with Gasteiger partial charge in [-0.2, -0.15) is 13.2 Å². The van der Waals surface area contributed by atoms with Crippen LogP contribution < -0.4 is 10.1 Å². The summed E-state index contributed by atoms with van der Waals surface area (Å²) in [5.41, 5.74) is 0.873. The molecule has 0 unspecified atom stereocenters. The van der Waals surface area contributed by atoms with Gasteiger partial charge in [-0.1, -0.05) is 30.3 Å². The number of amides is 1. The lowest BCUT2D eigenvalue weighted by Gasteiger charge is -2.26. The number of carbonyl (C=O) groups is 1. The van der Waals surface area contributed by atoms with Crippen molar-refractivity contribution in [3.05, 3.63) is 60.3 Å². The number of anilines is 1. The van der Waals surface area contributed by atoms with Crippen LogP contribution in [0.4, 0.5) is 18.9 Å². The molecule has 8 heteroatoms. The Morgan fingerprint density at radius 1 is 1.15 bits per heavy atom. The van der Waals surface area contributed by atoms with E-state index < -0.39 is 11.7 Å². The number of H-pyrrole nitrogens is 1. The normalized spacial score (nSPS) is 17.0. The smallest absolute Gasteiger partial charge is 0.416 e. The molecule has 5 nitrogen and oxygen atoms in total. The second-order valence-corrected chi connectivity index (χ2v) is 8.61. The SMILES string of the molecule is COCC1(C(=O)Nc2c[nH]c3ccc(OC4CCC4)cc23)CC1.FC(F)(F)c1ccccc1. The first-order chi connectivity index (χ1) is 15.8. The molecule has 1 aromatic heterocycles. The van der Waals surface area contributed by atoms with E-state index in [0.29, 0.717) is 12.7 Å². The zero-order valence-corrected chi connectivity index (χ0v) is 18.4. The zero-order valence-electron chi connectivity index (χ0n) is 18.4. The van der Waals surface area contributed by atoms with Gasteiger partial charge < -0.3 is 19.8 Å². The molecular weight excluding hydrogens is 433 g/mol. The zero-order chi connectivity index (χ0) is 23.5. The summed E-state index contributed by atoms with van der Waals surface area (Å²) in [6.45, 7) is 0.483. The number of rotatable bonds is 6. The van der Waals surface area contributed by atoms with Crippen molar-refractivity contribution in [1.29, 1.82) is 0 Å². The first-order valence-corrected chi connectivity index (χ1v) is 11.0. The molecule has 1 heterocycles. The van der Waals surface area contributed by atoms with Gasteiger partial charge in [-0.25, -0.2) is 0 Å². The third kappa shape index (κ3) is 5.50. The number of nitrogens with one attached hydrogen (secondary N) is 2. The summed E-state index contributed by atoms with van der Waals surface area (Å²) in [6.07, 6.45) is 3.29. The standard InChI is InChI=1S/C18H22N2O3.C7H5F3/c1-22-11-18(7-8-18)17(21)20-16-10-19-15-6-5-13(9-14(15)16)23-12-3-2-4-12;8-7(9,10)6-4-2-1-3-5-6/h5-6,9-10,12,19H,2-4,7-8,11H2,1H3,(H,20,21);1-5H. The highest BCUT2D eigenvalue weighted by atomic mass is 19.4. The molecule has 3 aromatic rings. The minimum absolute atomic E-state index is 0.0468. The summed E-state index contributed by atoms with van der Waals surface area (Å²) in [4.78, 5) is 15.7. The third-order valence-electron chi connectivity index (χ3n) is 6.11. The molecular formula is C25H27F3N2O3. The van der Waals surface area contributed by atoms with E-state index in [0.717, 1.165) is 60.2 Å². The Kier molecular flexibility index (Phi) is 6.65. The van der Waals surface area contributed by atoms with Crippen molar-refractivity contribution in [3.63, 3.8) is 0 Å². The van der Waals surface area contributed by atoms with Gasteiger partial charge in [0.1, 0.15) is 5.75 Å². The molecule has 0 saturated heterocycles. The number of carbonyl (C=O) groups excluding carboxylic acids is 1. The van der Waals surface area contributed by atoms with Crippen molar-refractivity contribution in [2.45, 2.75) is 44.4 Å². The van der Waals surface area contributed by atoms with Crippen molar-refractivity contribution in [2.24, 2.45) is 5.41 Å². The average molecular weight is 460 g/mol. The molecule has 1 amide bonds. The van der Waals surface area contributed by atoms with Gasteiger partial charge in [0.25, 0.3) is 0 Å². The Bertz CT molecular complexity index is 1090. The summed E-state index contributed by atoms with van der Waals surface area (Å²) in [5.74, 6) is 0.917. The second-order valence-electron chi connectivity index (χ2n) is 8.61. The van der Waals surface area contributed by atoms with E-state index in [1.807, 2.05) is 24.4 Å². The molecule has 2 aliphatic rings. The molecule has 0 spiro atoms. The Labute approximate surface area is 190 Å². The van der Waals surface area contributed by atoms with Gasteiger partial charge in [0.05, 0.1) is 29.4 Å². The number of halogens is 3. The molecule has 2 fully saturated rings. The van der Waals surface area contributed by atoms with Crippen molar-refractivity contribution in [1.82, 2.24) is 4.98 Å². The fraction of sp³-hybridized carbons (Fsp3) is 0.400. The Morgan fingerprint density at radius 3 is 2.42 bits per heavy atom. The largest absolute Gasteiger partial charge is 0.490 e. The van der Waals surface area contributed by atoms with E-state index in [1.165, 1.54) is 18.6 Å². The van der Waals surface area contributed by atoms with Gasteiger partial charge in [-0.15, -0.1) is 0 Å². The quantitative estimate of drug-likeness (QED) is 0.462. The Balaban J connectivity index is 0.000000219. The number of hydrogen-bond acceptors (Lipinski definition) is 3. The van der Waals surface area contributed by atoms with Crippen LogP contribution in [0.25, 0.3) is 10.9 Å². The van der Waals surface area contributed by atoms with Gasteiger partial charge in [-0.05, 0) is 50.3 Å². The van der Waals surface area contributed by atoms with E-state index >= 15 is 0 Å². The minimum Gasteiger partial charge on any atom is -0.490 e. The maximum atomic E-state index is 12.5. The number of aromatic amines is 1. The number of alkyl halides is 3. The van der Waals surface area contributed by atoms with Crippen LogP contribution in [0, 0.1) is 5.41 Å². The van der Waals surface area contributed by atoms with Crippen molar-refractivity contribution < 1.29 is 27.4 Å². The molecule has 176 valence electrons. The van der Waals surface area contributed by atoms with Crippen LogP contribution in [0.15, 0.2) is 54.7 Å². The molecule has 2 aliphatic carbocycles. The maximum absolute atomic E-state index is 12.5. The summed E-state index contributed by atoms with van der Waals surface area (Å²) >= 11 is 0. The van der Waals surface area contributed by atoms with Crippen LogP contribution in [0.3, 0.4) is 0 Å². The number of aromatic nitrogens is 1. The first kappa shape index (κ1) is 23.2. The van der Waals surface area contributed by atoms with Gasteiger partial charge >= 0.3 is 6.18 Å². The molecule has 2 N–H and O–H groups in total.